The molecular weight excluding hydrogens is 458 g/mol. The molecule has 1 saturated heterocycles. The third-order valence-corrected chi connectivity index (χ3v) is 6.67. The van der Waals surface area contributed by atoms with Gasteiger partial charge in [-0.2, -0.15) is 0 Å². The lowest BCUT2D eigenvalue weighted by Crippen LogP contribution is -2.54. The minimum absolute atomic E-state index is 0.0131. The van der Waals surface area contributed by atoms with Crippen LogP contribution in [-0.2, 0) is 14.3 Å². The van der Waals surface area contributed by atoms with Crippen LogP contribution in [0.4, 0.5) is 13.6 Å². The Hall–Kier alpha value is -3.49. The zero-order chi connectivity index (χ0) is 24.9. The smallest absolute Gasteiger partial charge is 0.407 e. The van der Waals surface area contributed by atoms with Crippen LogP contribution < -0.4 is 5.32 Å². The van der Waals surface area contributed by atoms with E-state index in [0.717, 1.165) is 28.7 Å². The van der Waals surface area contributed by atoms with Gasteiger partial charge in [-0.15, -0.1) is 0 Å². The van der Waals surface area contributed by atoms with Crippen LogP contribution in [0.15, 0.2) is 48.5 Å². The number of hydrogen-bond donors (Lipinski definition) is 2. The third-order valence-electron chi connectivity index (χ3n) is 6.67. The number of benzene rings is 2. The molecule has 2 aliphatic rings. The standard InChI is InChI=1S/C26H28F2N2O5/c27-23(28)14-22(25(33)30-12-6-5-7-16(30)13-24(31)32)29-26(34)35-15-21-19-10-3-1-8-17(19)18-9-2-4-11-20(18)21/h1-4,8-11,16,21-23H,5-7,12-15H2,(H,29,34)(H,31,32). The molecule has 1 heterocycles. The number of amides is 2. The highest BCUT2D eigenvalue weighted by Gasteiger charge is 2.35. The lowest BCUT2D eigenvalue weighted by Gasteiger charge is -2.37. The first-order valence-corrected chi connectivity index (χ1v) is 11.8. The van der Waals surface area contributed by atoms with E-state index in [4.69, 9.17) is 9.84 Å². The number of nitrogens with one attached hydrogen (secondary N) is 1. The second kappa shape index (κ2) is 10.8. The zero-order valence-electron chi connectivity index (χ0n) is 19.2. The number of carboxylic acids is 1. The van der Waals surface area contributed by atoms with Gasteiger partial charge in [-0.3, -0.25) is 9.59 Å². The molecule has 2 atom stereocenters. The van der Waals surface area contributed by atoms with E-state index in [0.29, 0.717) is 12.8 Å². The molecule has 186 valence electrons. The molecule has 4 rings (SSSR count). The predicted molar refractivity (Wildman–Crippen MR) is 124 cm³/mol. The van der Waals surface area contributed by atoms with E-state index in [-0.39, 0.29) is 25.5 Å². The molecule has 2 unspecified atom stereocenters. The number of ether oxygens (including phenoxy) is 1. The summed E-state index contributed by atoms with van der Waals surface area (Å²) in [4.78, 5) is 38.2. The van der Waals surface area contributed by atoms with Crippen LogP contribution in [0.2, 0.25) is 0 Å². The van der Waals surface area contributed by atoms with Crippen molar-refractivity contribution >= 4 is 18.0 Å². The fourth-order valence-corrected chi connectivity index (χ4v) is 5.09. The van der Waals surface area contributed by atoms with Crippen molar-refractivity contribution in [2.45, 2.75) is 56.5 Å². The number of halogens is 2. The first-order chi connectivity index (χ1) is 16.8. The number of likely N-dealkylation sites (tertiary alicyclic amines) is 1. The van der Waals surface area contributed by atoms with Crippen molar-refractivity contribution in [1.82, 2.24) is 10.2 Å². The molecule has 0 spiro atoms. The topological polar surface area (TPSA) is 95.9 Å². The highest BCUT2D eigenvalue weighted by Crippen LogP contribution is 2.44. The minimum Gasteiger partial charge on any atom is -0.481 e. The second-order valence-corrected chi connectivity index (χ2v) is 8.93. The summed E-state index contributed by atoms with van der Waals surface area (Å²) in [5, 5.41) is 11.5. The van der Waals surface area contributed by atoms with E-state index in [9.17, 15) is 23.2 Å². The van der Waals surface area contributed by atoms with E-state index in [1.54, 1.807) is 0 Å². The van der Waals surface area contributed by atoms with Gasteiger partial charge in [0, 0.05) is 24.9 Å². The van der Waals surface area contributed by atoms with Gasteiger partial charge in [-0.25, -0.2) is 13.6 Å². The molecule has 2 amide bonds. The van der Waals surface area contributed by atoms with Crippen LogP contribution in [0.5, 0.6) is 0 Å². The first kappa shape index (κ1) is 24.6. The Kier molecular flexibility index (Phi) is 7.63. The summed E-state index contributed by atoms with van der Waals surface area (Å²) in [7, 11) is 0. The highest BCUT2D eigenvalue weighted by molar-refractivity contribution is 5.86. The lowest BCUT2D eigenvalue weighted by atomic mass is 9.98. The SMILES string of the molecule is O=C(O)CC1CCCCN1C(=O)C(CC(F)F)NC(=O)OCC1c2ccccc2-c2ccccc21. The van der Waals surface area contributed by atoms with Crippen molar-refractivity contribution in [1.29, 1.82) is 0 Å². The Morgan fingerprint density at radius 1 is 1.03 bits per heavy atom. The van der Waals surface area contributed by atoms with E-state index in [1.807, 2.05) is 48.5 Å². The number of carbonyl (C=O) groups is 3. The van der Waals surface area contributed by atoms with Gasteiger partial charge in [-0.05, 0) is 41.5 Å². The largest absolute Gasteiger partial charge is 0.481 e. The van der Waals surface area contributed by atoms with Gasteiger partial charge in [0.05, 0.1) is 6.42 Å². The Bertz CT molecular complexity index is 1050. The number of rotatable bonds is 8. The molecule has 7 nitrogen and oxygen atoms in total. The summed E-state index contributed by atoms with van der Waals surface area (Å²) in [5.41, 5.74) is 4.12. The van der Waals surface area contributed by atoms with Crippen molar-refractivity contribution < 1.29 is 33.0 Å². The lowest BCUT2D eigenvalue weighted by molar-refractivity contribution is -0.143. The van der Waals surface area contributed by atoms with Crippen molar-refractivity contribution in [3.8, 4) is 11.1 Å². The van der Waals surface area contributed by atoms with Gasteiger partial charge in [-0.1, -0.05) is 48.5 Å². The number of aliphatic carboxylic acids is 1. The fourth-order valence-electron chi connectivity index (χ4n) is 5.09. The molecule has 0 bridgehead atoms. The van der Waals surface area contributed by atoms with Crippen molar-refractivity contribution in [2.24, 2.45) is 0 Å². The van der Waals surface area contributed by atoms with Crippen LogP contribution in [0.3, 0.4) is 0 Å². The van der Waals surface area contributed by atoms with E-state index >= 15 is 0 Å². The summed E-state index contributed by atoms with van der Waals surface area (Å²) < 4.78 is 32.0. The molecule has 0 radical (unpaired) electrons. The fraction of sp³-hybridized carbons (Fsp3) is 0.423. The van der Waals surface area contributed by atoms with Crippen LogP contribution in [0, 0.1) is 0 Å². The number of alkyl halides is 2. The monoisotopic (exact) mass is 486 g/mol. The number of carbonyl (C=O) groups excluding carboxylic acids is 2. The molecule has 0 aromatic heterocycles. The zero-order valence-corrected chi connectivity index (χ0v) is 19.2. The van der Waals surface area contributed by atoms with E-state index in [2.05, 4.69) is 5.32 Å². The number of hydrogen-bond acceptors (Lipinski definition) is 4. The number of nitrogens with zero attached hydrogens (tertiary/aromatic N) is 1. The second-order valence-electron chi connectivity index (χ2n) is 8.93. The van der Waals surface area contributed by atoms with Crippen LogP contribution in [0.25, 0.3) is 11.1 Å². The van der Waals surface area contributed by atoms with Gasteiger partial charge in [0.15, 0.2) is 0 Å². The van der Waals surface area contributed by atoms with Crippen LogP contribution in [-0.4, -0.2) is 59.6 Å². The number of carboxylic acid groups (broad SMARTS) is 1. The van der Waals surface area contributed by atoms with Crippen molar-refractivity contribution in [3.63, 3.8) is 0 Å². The summed E-state index contributed by atoms with van der Waals surface area (Å²) in [6, 6.07) is 13.5. The molecular formula is C26H28F2N2O5. The summed E-state index contributed by atoms with van der Waals surface area (Å²) in [6.07, 6.45) is -3.06. The van der Waals surface area contributed by atoms with E-state index in [1.165, 1.54) is 4.90 Å². The quantitative estimate of drug-likeness (QED) is 0.577. The van der Waals surface area contributed by atoms with Crippen LogP contribution in [0.1, 0.15) is 49.1 Å². The first-order valence-electron chi connectivity index (χ1n) is 11.8. The minimum atomic E-state index is -2.83. The molecule has 1 fully saturated rings. The van der Waals surface area contributed by atoms with Gasteiger partial charge >= 0.3 is 12.1 Å². The van der Waals surface area contributed by atoms with Crippen LogP contribution >= 0.6 is 0 Å². The third kappa shape index (κ3) is 5.61. The summed E-state index contributed by atoms with van der Waals surface area (Å²) in [6.45, 7) is 0.254. The molecule has 0 saturated carbocycles. The number of piperidine rings is 1. The Labute approximate surface area is 202 Å². The number of fused-ring (bicyclic) bond motifs is 3. The maximum atomic E-state index is 13.3. The molecule has 35 heavy (non-hydrogen) atoms. The normalized spacial score (nSPS) is 18.0. The maximum Gasteiger partial charge on any atom is 0.407 e. The van der Waals surface area contributed by atoms with Crippen molar-refractivity contribution in [3.05, 3.63) is 59.7 Å². The highest BCUT2D eigenvalue weighted by atomic mass is 19.3. The van der Waals surface area contributed by atoms with Gasteiger partial charge < -0.3 is 20.1 Å². The van der Waals surface area contributed by atoms with E-state index < -0.39 is 42.9 Å². The van der Waals surface area contributed by atoms with Gasteiger partial charge in [0.25, 0.3) is 0 Å². The van der Waals surface area contributed by atoms with Gasteiger partial charge in [0.1, 0.15) is 12.6 Å². The number of alkyl carbamates (subject to hydrolysis) is 1. The van der Waals surface area contributed by atoms with Crippen molar-refractivity contribution in [2.75, 3.05) is 13.2 Å². The molecule has 2 aromatic rings. The predicted octanol–water partition coefficient (Wildman–Crippen LogP) is 4.40. The Morgan fingerprint density at radius 3 is 2.26 bits per heavy atom. The summed E-state index contributed by atoms with van der Waals surface area (Å²) >= 11 is 0. The maximum absolute atomic E-state index is 13.3. The summed E-state index contributed by atoms with van der Waals surface area (Å²) in [5.74, 6) is -1.98. The Morgan fingerprint density at radius 2 is 1.66 bits per heavy atom. The Balaban J connectivity index is 1.44. The molecule has 2 N–H and O–H groups in total. The molecule has 2 aromatic carbocycles. The van der Waals surface area contributed by atoms with Gasteiger partial charge in [0.2, 0.25) is 12.3 Å². The molecule has 1 aliphatic heterocycles. The average molecular weight is 487 g/mol. The molecule has 9 heteroatoms. The molecule has 1 aliphatic carbocycles. The average Bonchev–Trinajstić information content (AvgIpc) is 3.15.